The lowest BCUT2D eigenvalue weighted by Gasteiger charge is -2.36. The monoisotopic (exact) mass is 443 g/mol. The highest BCUT2D eigenvalue weighted by molar-refractivity contribution is 5.68. The van der Waals surface area contributed by atoms with Crippen molar-refractivity contribution in [3.05, 3.63) is 29.3 Å². The summed E-state index contributed by atoms with van der Waals surface area (Å²) in [6.45, 7) is 11.9. The van der Waals surface area contributed by atoms with Crippen molar-refractivity contribution in [2.45, 2.75) is 96.9 Å². The second-order valence-corrected chi connectivity index (χ2v) is 10.2. The van der Waals surface area contributed by atoms with Gasteiger partial charge in [-0.15, -0.1) is 5.06 Å². The maximum atomic E-state index is 12.5. The molecular formula is C26H41N3O3. The fraction of sp³-hybridized carbons (Fsp3) is 0.731. The fourth-order valence-electron chi connectivity index (χ4n) is 5.32. The highest BCUT2D eigenvalue weighted by atomic mass is 16.7. The van der Waals surface area contributed by atoms with Crippen LogP contribution in [-0.2, 0) is 17.7 Å². The zero-order valence-corrected chi connectivity index (χ0v) is 20.4. The number of carbonyl (C=O) groups is 1. The SMILES string of the molecule is CC(C)N(C(=O)ON1CCC(Oc2ccc3c(c2)CCN(C2CCC2)CC3)CC1)C(C)C. The summed E-state index contributed by atoms with van der Waals surface area (Å²) in [4.78, 5) is 22.7. The minimum absolute atomic E-state index is 0.123. The Morgan fingerprint density at radius 3 is 2.19 bits per heavy atom. The van der Waals surface area contributed by atoms with Crippen LogP contribution < -0.4 is 4.74 Å². The average molecular weight is 444 g/mol. The molecule has 1 saturated carbocycles. The van der Waals surface area contributed by atoms with Crippen LogP contribution in [0, 0.1) is 0 Å². The molecule has 2 aliphatic heterocycles. The Kier molecular flexibility index (Phi) is 7.62. The van der Waals surface area contributed by atoms with E-state index in [9.17, 15) is 4.79 Å². The highest BCUT2D eigenvalue weighted by Gasteiger charge is 2.29. The summed E-state index contributed by atoms with van der Waals surface area (Å²) in [7, 11) is 0. The van der Waals surface area contributed by atoms with Crippen LogP contribution in [-0.4, -0.2) is 71.4 Å². The summed E-state index contributed by atoms with van der Waals surface area (Å²) in [6, 6.07) is 7.77. The van der Waals surface area contributed by atoms with Crippen molar-refractivity contribution < 1.29 is 14.4 Å². The van der Waals surface area contributed by atoms with Crippen LogP contribution >= 0.6 is 0 Å². The second-order valence-electron chi connectivity index (χ2n) is 10.2. The first-order chi connectivity index (χ1) is 15.4. The molecule has 2 fully saturated rings. The Labute approximate surface area is 193 Å². The molecule has 6 heteroatoms. The molecule has 0 N–H and O–H groups in total. The molecule has 0 radical (unpaired) electrons. The second kappa shape index (κ2) is 10.4. The standard InChI is InChI=1S/C26H41N3O3/c1-19(2)29(20(3)4)26(30)32-28-16-12-24(13-17-28)31-25-9-8-21-10-14-27(23-6-5-7-23)15-11-22(21)18-25/h8-9,18-20,23-24H,5-7,10-17H2,1-4H3. The number of piperidine rings is 1. The summed E-state index contributed by atoms with van der Waals surface area (Å²) in [5.74, 6) is 0.988. The highest BCUT2D eigenvalue weighted by Crippen LogP contribution is 2.29. The first kappa shape index (κ1) is 23.4. The number of hydroxylamine groups is 2. The third kappa shape index (κ3) is 5.57. The Bertz CT molecular complexity index is 762. The molecule has 178 valence electrons. The Balaban J connectivity index is 1.26. The van der Waals surface area contributed by atoms with Crippen LogP contribution in [0.25, 0.3) is 0 Å². The van der Waals surface area contributed by atoms with Gasteiger partial charge in [-0.2, -0.15) is 0 Å². The zero-order valence-electron chi connectivity index (χ0n) is 20.4. The zero-order chi connectivity index (χ0) is 22.7. The van der Waals surface area contributed by atoms with Gasteiger partial charge in [-0.05, 0) is 76.6 Å². The average Bonchev–Trinajstić information content (AvgIpc) is 2.90. The van der Waals surface area contributed by atoms with E-state index in [4.69, 9.17) is 9.57 Å². The van der Waals surface area contributed by atoms with Gasteiger partial charge < -0.3 is 14.5 Å². The number of fused-ring (bicyclic) bond motifs is 1. The van der Waals surface area contributed by atoms with Crippen LogP contribution in [0.5, 0.6) is 5.75 Å². The summed E-state index contributed by atoms with van der Waals surface area (Å²) in [5.41, 5.74) is 2.94. The van der Waals surface area contributed by atoms with Crippen LogP contribution in [0.2, 0.25) is 0 Å². The Hall–Kier alpha value is -1.79. The minimum atomic E-state index is -0.254. The van der Waals surface area contributed by atoms with Crippen molar-refractivity contribution in [3.63, 3.8) is 0 Å². The summed E-state index contributed by atoms with van der Waals surface area (Å²) in [6.07, 6.45) is 8.09. The van der Waals surface area contributed by atoms with Gasteiger partial charge in [-0.3, -0.25) is 4.90 Å². The van der Waals surface area contributed by atoms with Gasteiger partial charge in [0.2, 0.25) is 0 Å². The molecule has 0 aromatic heterocycles. The summed E-state index contributed by atoms with van der Waals surface area (Å²) >= 11 is 0. The van der Waals surface area contributed by atoms with Crippen molar-refractivity contribution in [1.29, 1.82) is 0 Å². The summed E-state index contributed by atoms with van der Waals surface area (Å²) in [5, 5.41) is 1.80. The normalized spacial score (nSPS) is 21.2. The van der Waals surface area contributed by atoms with Crippen LogP contribution in [0.1, 0.15) is 70.9 Å². The van der Waals surface area contributed by atoms with Crippen LogP contribution in [0.4, 0.5) is 4.79 Å². The molecule has 2 heterocycles. The van der Waals surface area contributed by atoms with Gasteiger partial charge in [0, 0.05) is 57.1 Å². The first-order valence-electron chi connectivity index (χ1n) is 12.7. The fourth-order valence-corrected chi connectivity index (χ4v) is 5.32. The molecule has 1 aliphatic carbocycles. The molecule has 3 aliphatic rings. The van der Waals surface area contributed by atoms with Gasteiger partial charge in [0.05, 0.1) is 0 Å². The largest absolute Gasteiger partial charge is 0.490 e. The van der Waals surface area contributed by atoms with Gasteiger partial charge in [0.15, 0.2) is 0 Å². The van der Waals surface area contributed by atoms with E-state index in [1.807, 2.05) is 27.7 Å². The predicted octanol–water partition coefficient (Wildman–Crippen LogP) is 4.65. The van der Waals surface area contributed by atoms with E-state index in [-0.39, 0.29) is 24.3 Å². The van der Waals surface area contributed by atoms with E-state index < -0.39 is 0 Å². The van der Waals surface area contributed by atoms with E-state index in [2.05, 4.69) is 23.1 Å². The molecule has 6 nitrogen and oxygen atoms in total. The number of carbonyl (C=O) groups excluding carboxylic acids is 1. The molecule has 1 aromatic rings. The lowest BCUT2D eigenvalue weighted by atomic mass is 9.91. The molecule has 0 bridgehead atoms. The number of benzene rings is 1. The van der Waals surface area contributed by atoms with E-state index in [0.29, 0.717) is 13.1 Å². The Morgan fingerprint density at radius 2 is 1.59 bits per heavy atom. The van der Waals surface area contributed by atoms with Gasteiger partial charge in [-0.25, -0.2) is 4.79 Å². The molecule has 1 amide bonds. The summed E-state index contributed by atoms with van der Waals surface area (Å²) < 4.78 is 6.35. The van der Waals surface area contributed by atoms with Crippen molar-refractivity contribution in [1.82, 2.24) is 14.9 Å². The number of amides is 1. The smallest absolute Gasteiger partial charge is 0.429 e. The third-order valence-corrected chi connectivity index (χ3v) is 7.34. The molecule has 1 saturated heterocycles. The number of ether oxygens (including phenoxy) is 1. The number of nitrogens with zero attached hydrogens (tertiary/aromatic N) is 3. The topological polar surface area (TPSA) is 45.3 Å². The number of rotatable bonds is 6. The molecule has 0 spiro atoms. The molecule has 32 heavy (non-hydrogen) atoms. The lowest BCUT2D eigenvalue weighted by molar-refractivity contribution is -0.137. The van der Waals surface area contributed by atoms with Crippen molar-refractivity contribution in [2.75, 3.05) is 26.2 Å². The molecule has 1 aromatic carbocycles. The van der Waals surface area contributed by atoms with E-state index in [1.165, 1.54) is 43.5 Å². The number of hydrogen-bond acceptors (Lipinski definition) is 5. The van der Waals surface area contributed by atoms with E-state index in [1.54, 1.807) is 9.96 Å². The Morgan fingerprint density at radius 1 is 0.938 bits per heavy atom. The van der Waals surface area contributed by atoms with Gasteiger partial charge in [0.1, 0.15) is 11.9 Å². The quantitative estimate of drug-likeness (QED) is 0.640. The van der Waals surface area contributed by atoms with Crippen molar-refractivity contribution >= 4 is 6.09 Å². The van der Waals surface area contributed by atoms with Gasteiger partial charge in [-0.1, -0.05) is 12.5 Å². The first-order valence-corrected chi connectivity index (χ1v) is 12.7. The van der Waals surface area contributed by atoms with Crippen LogP contribution in [0.3, 0.4) is 0 Å². The van der Waals surface area contributed by atoms with E-state index in [0.717, 1.165) is 37.5 Å². The lowest BCUT2D eigenvalue weighted by Crippen LogP contribution is -2.47. The molecule has 0 unspecified atom stereocenters. The van der Waals surface area contributed by atoms with E-state index >= 15 is 0 Å². The van der Waals surface area contributed by atoms with Gasteiger partial charge in [0.25, 0.3) is 0 Å². The van der Waals surface area contributed by atoms with Crippen molar-refractivity contribution in [3.8, 4) is 5.75 Å². The van der Waals surface area contributed by atoms with Crippen molar-refractivity contribution in [2.24, 2.45) is 0 Å². The minimum Gasteiger partial charge on any atom is -0.490 e. The third-order valence-electron chi connectivity index (χ3n) is 7.34. The number of hydrogen-bond donors (Lipinski definition) is 0. The molecular weight excluding hydrogens is 402 g/mol. The van der Waals surface area contributed by atoms with Crippen LogP contribution in [0.15, 0.2) is 18.2 Å². The molecule has 4 rings (SSSR count). The predicted molar refractivity (Wildman–Crippen MR) is 127 cm³/mol. The maximum absolute atomic E-state index is 12.5. The molecule has 0 atom stereocenters. The van der Waals surface area contributed by atoms with Gasteiger partial charge >= 0.3 is 6.09 Å². The maximum Gasteiger partial charge on any atom is 0.429 e.